The minimum Gasteiger partial charge on any atom is -0.326 e. The summed E-state index contributed by atoms with van der Waals surface area (Å²) in [4.78, 5) is 13.9. The van der Waals surface area contributed by atoms with Gasteiger partial charge in [-0.15, -0.1) is 0 Å². The Labute approximate surface area is 122 Å². The number of rotatable bonds is 4. The second-order valence-corrected chi connectivity index (χ2v) is 4.58. The highest BCUT2D eigenvalue weighted by Crippen LogP contribution is 2.19. The van der Waals surface area contributed by atoms with E-state index in [9.17, 15) is 13.6 Å². The van der Waals surface area contributed by atoms with Crippen molar-refractivity contribution in [2.45, 2.75) is 13.5 Å². The summed E-state index contributed by atoms with van der Waals surface area (Å²) in [7, 11) is 0. The number of amides is 1. The third-order valence-corrected chi connectivity index (χ3v) is 3.15. The highest BCUT2D eigenvalue weighted by molar-refractivity contribution is 6.06. The topological polar surface area (TPSA) is 46.3 Å². The van der Waals surface area contributed by atoms with E-state index in [0.29, 0.717) is 18.8 Å². The average molecular weight is 290 g/mol. The molecule has 2 aromatic rings. The minimum atomic E-state index is -0.770. The predicted octanol–water partition coefficient (Wildman–Crippen LogP) is 3.09. The molecule has 21 heavy (non-hydrogen) atoms. The molecule has 0 fully saturated rings. The molecule has 1 amide bonds. The molecule has 0 saturated carbocycles. The van der Waals surface area contributed by atoms with Crippen molar-refractivity contribution in [2.75, 3.05) is 11.4 Å². The van der Waals surface area contributed by atoms with Crippen LogP contribution in [-0.2, 0) is 6.54 Å². The molecule has 0 spiro atoms. The fourth-order valence-corrected chi connectivity index (χ4v) is 2.09. The SMILES string of the molecule is CCN(C(=O)c1cc(F)cc(F)c1)c1ccc(CN)cc1. The zero-order valence-corrected chi connectivity index (χ0v) is 11.6. The molecule has 0 aliphatic heterocycles. The number of hydrogen-bond acceptors (Lipinski definition) is 2. The van der Waals surface area contributed by atoms with E-state index in [1.54, 1.807) is 19.1 Å². The van der Waals surface area contributed by atoms with Crippen LogP contribution < -0.4 is 10.6 Å². The Hall–Kier alpha value is -2.27. The lowest BCUT2D eigenvalue weighted by atomic mass is 10.1. The Balaban J connectivity index is 2.33. The smallest absolute Gasteiger partial charge is 0.258 e. The van der Waals surface area contributed by atoms with Gasteiger partial charge in [0.2, 0.25) is 0 Å². The van der Waals surface area contributed by atoms with Gasteiger partial charge in [-0.25, -0.2) is 8.78 Å². The van der Waals surface area contributed by atoms with E-state index in [-0.39, 0.29) is 5.56 Å². The van der Waals surface area contributed by atoms with Crippen molar-refractivity contribution in [2.24, 2.45) is 5.73 Å². The number of hydrogen-bond donors (Lipinski definition) is 1. The molecular weight excluding hydrogens is 274 g/mol. The lowest BCUT2D eigenvalue weighted by molar-refractivity contribution is 0.0987. The number of benzene rings is 2. The van der Waals surface area contributed by atoms with E-state index in [1.165, 1.54) is 4.90 Å². The van der Waals surface area contributed by atoms with Crippen LogP contribution in [0.25, 0.3) is 0 Å². The molecule has 0 aliphatic carbocycles. The summed E-state index contributed by atoms with van der Waals surface area (Å²) in [6.45, 7) is 2.60. The normalized spacial score (nSPS) is 10.5. The summed E-state index contributed by atoms with van der Waals surface area (Å²) < 4.78 is 26.5. The standard InChI is InChI=1S/C16H16F2N2O/c1-2-20(15-5-3-11(10-19)4-6-15)16(21)12-7-13(17)9-14(18)8-12/h3-9H,2,10,19H2,1H3. The number of anilines is 1. The van der Waals surface area contributed by atoms with E-state index < -0.39 is 17.5 Å². The number of halogens is 2. The molecule has 0 unspecified atom stereocenters. The van der Waals surface area contributed by atoms with E-state index >= 15 is 0 Å². The number of carbonyl (C=O) groups is 1. The largest absolute Gasteiger partial charge is 0.326 e. The van der Waals surface area contributed by atoms with E-state index in [4.69, 9.17) is 5.73 Å². The number of nitrogens with two attached hydrogens (primary N) is 1. The van der Waals surface area contributed by atoms with Crippen LogP contribution in [0.2, 0.25) is 0 Å². The first-order valence-electron chi connectivity index (χ1n) is 6.62. The van der Waals surface area contributed by atoms with Crippen LogP contribution in [0.3, 0.4) is 0 Å². The molecule has 3 nitrogen and oxygen atoms in total. The average Bonchev–Trinajstić information content (AvgIpc) is 2.47. The number of nitrogens with zero attached hydrogens (tertiary/aromatic N) is 1. The molecule has 0 heterocycles. The third kappa shape index (κ3) is 3.44. The van der Waals surface area contributed by atoms with Gasteiger partial charge in [0.15, 0.2) is 0 Å². The van der Waals surface area contributed by atoms with Gasteiger partial charge >= 0.3 is 0 Å². The summed E-state index contributed by atoms with van der Waals surface area (Å²) in [5.41, 5.74) is 7.11. The molecule has 110 valence electrons. The summed E-state index contributed by atoms with van der Waals surface area (Å²) in [5.74, 6) is -1.99. The summed E-state index contributed by atoms with van der Waals surface area (Å²) in [6, 6.07) is 9.96. The van der Waals surface area contributed by atoms with Gasteiger partial charge in [-0.05, 0) is 36.8 Å². The van der Waals surface area contributed by atoms with Crippen molar-refractivity contribution in [3.63, 3.8) is 0 Å². The maximum absolute atomic E-state index is 13.2. The van der Waals surface area contributed by atoms with Crippen LogP contribution >= 0.6 is 0 Å². The first-order chi connectivity index (χ1) is 10.0. The van der Waals surface area contributed by atoms with Crippen molar-refractivity contribution in [1.29, 1.82) is 0 Å². The molecular formula is C16H16F2N2O. The second kappa shape index (κ2) is 6.45. The van der Waals surface area contributed by atoms with Crippen LogP contribution in [0.4, 0.5) is 14.5 Å². The van der Waals surface area contributed by atoms with Gasteiger partial charge < -0.3 is 10.6 Å². The molecule has 2 N–H and O–H groups in total. The van der Waals surface area contributed by atoms with Gasteiger partial charge in [0.25, 0.3) is 5.91 Å². The summed E-state index contributed by atoms with van der Waals surface area (Å²) >= 11 is 0. The van der Waals surface area contributed by atoms with Crippen LogP contribution in [0.15, 0.2) is 42.5 Å². The van der Waals surface area contributed by atoms with E-state index in [2.05, 4.69) is 0 Å². The van der Waals surface area contributed by atoms with Gasteiger partial charge in [0.05, 0.1) is 0 Å². The van der Waals surface area contributed by atoms with Gasteiger partial charge in [0.1, 0.15) is 11.6 Å². The molecule has 2 rings (SSSR count). The second-order valence-electron chi connectivity index (χ2n) is 4.58. The van der Waals surface area contributed by atoms with Crippen molar-refractivity contribution in [1.82, 2.24) is 0 Å². The van der Waals surface area contributed by atoms with Gasteiger partial charge in [-0.1, -0.05) is 12.1 Å². The minimum absolute atomic E-state index is 0.0164. The first kappa shape index (κ1) is 15.1. The molecule has 0 aliphatic rings. The van der Waals surface area contributed by atoms with Crippen molar-refractivity contribution in [3.8, 4) is 0 Å². The van der Waals surface area contributed by atoms with Crippen LogP contribution in [0.5, 0.6) is 0 Å². The maximum Gasteiger partial charge on any atom is 0.258 e. The third-order valence-electron chi connectivity index (χ3n) is 3.15. The fourth-order valence-electron chi connectivity index (χ4n) is 2.09. The van der Waals surface area contributed by atoms with Crippen molar-refractivity contribution < 1.29 is 13.6 Å². The van der Waals surface area contributed by atoms with Crippen LogP contribution in [0.1, 0.15) is 22.8 Å². The predicted molar refractivity (Wildman–Crippen MR) is 78.0 cm³/mol. The Morgan fingerprint density at radius 1 is 1.10 bits per heavy atom. The molecule has 0 saturated heterocycles. The van der Waals surface area contributed by atoms with Crippen molar-refractivity contribution >= 4 is 11.6 Å². The number of carbonyl (C=O) groups excluding carboxylic acids is 1. The van der Waals surface area contributed by atoms with Gasteiger partial charge in [-0.3, -0.25) is 4.79 Å². The zero-order valence-electron chi connectivity index (χ0n) is 11.6. The Kier molecular flexibility index (Phi) is 4.65. The molecule has 0 aromatic heterocycles. The van der Waals surface area contributed by atoms with Crippen LogP contribution in [-0.4, -0.2) is 12.5 Å². The molecule has 5 heteroatoms. The maximum atomic E-state index is 13.2. The lowest BCUT2D eigenvalue weighted by Gasteiger charge is -2.21. The van der Waals surface area contributed by atoms with Crippen LogP contribution in [0, 0.1) is 11.6 Å². The molecule has 0 atom stereocenters. The monoisotopic (exact) mass is 290 g/mol. The zero-order chi connectivity index (χ0) is 15.4. The molecule has 0 bridgehead atoms. The highest BCUT2D eigenvalue weighted by Gasteiger charge is 2.17. The van der Waals surface area contributed by atoms with Gasteiger partial charge in [-0.2, -0.15) is 0 Å². The quantitative estimate of drug-likeness (QED) is 0.940. The first-order valence-corrected chi connectivity index (χ1v) is 6.62. The Morgan fingerprint density at radius 3 is 2.14 bits per heavy atom. The van der Waals surface area contributed by atoms with E-state index in [1.807, 2.05) is 12.1 Å². The Morgan fingerprint density at radius 2 is 1.67 bits per heavy atom. The summed E-state index contributed by atoms with van der Waals surface area (Å²) in [6.07, 6.45) is 0. The Bertz CT molecular complexity index is 621. The van der Waals surface area contributed by atoms with Crippen molar-refractivity contribution in [3.05, 3.63) is 65.2 Å². The molecule has 0 radical (unpaired) electrons. The highest BCUT2D eigenvalue weighted by atomic mass is 19.1. The van der Waals surface area contributed by atoms with Gasteiger partial charge in [0, 0.05) is 30.4 Å². The summed E-state index contributed by atoms with van der Waals surface area (Å²) in [5, 5.41) is 0. The fraction of sp³-hybridized carbons (Fsp3) is 0.188. The van der Waals surface area contributed by atoms with E-state index in [0.717, 1.165) is 23.8 Å². The lowest BCUT2D eigenvalue weighted by Crippen LogP contribution is -2.30. The molecule has 2 aromatic carbocycles.